The fraction of sp³-hybridized carbons (Fsp3) is 0.667. The van der Waals surface area contributed by atoms with Crippen LogP contribution in [0.3, 0.4) is 0 Å². The van der Waals surface area contributed by atoms with Gasteiger partial charge in [0, 0.05) is 52.1 Å². The number of piperidine rings is 1. The summed E-state index contributed by atoms with van der Waals surface area (Å²) in [7, 11) is -2.96. The largest absolute Gasteiger partial charge is 0.340 e. The Bertz CT molecular complexity index is 756. The topological polar surface area (TPSA) is 78.0 Å². The van der Waals surface area contributed by atoms with Crippen LogP contribution < -0.4 is 0 Å². The Morgan fingerprint density at radius 3 is 2.52 bits per heavy atom. The van der Waals surface area contributed by atoms with Gasteiger partial charge in [-0.05, 0) is 24.3 Å². The first-order valence-electron chi connectivity index (χ1n) is 9.35. The molecule has 2 aliphatic heterocycles. The minimum Gasteiger partial charge on any atom is -0.340 e. The molecule has 9 heteroatoms. The number of likely N-dealkylation sites (tertiary alicyclic amines) is 1. The number of thiophene rings is 1. The van der Waals surface area contributed by atoms with Crippen molar-refractivity contribution in [3.05, 3.63) is 22.4 Å². The van der Waals surface area contributed by atoms with Gasteiger partial charge in [0.25, 0.3) is 5.91 Å². The summed E-state index contributed by atoms with van der Waals surface area (Å²) in [6, 6.07) is 3.70. The molecule has 2 saturated heterocycles. The lowest BCUT2D eigenvalue weighted by molar-refractivity contribution is -0.138. The van der Waals surface area contributed by atoms with Crippen LogP contribution >= 0.6 is 11.3 Å². The first kappa shape index (κ1) is 20.3. The summed E-state index contributed by atoms with van der Waals surface area (Å²) in [6.45, 7) is 4.37. The molecule has 7 nitrogen and oxygen atoms in total. The molecule has 1 unspecified atom stereocenters. The van der Waals surface area contributed by atoms with Gasteiger partial charge in [-0.3, -0.25) is 14.5 Å². The second-order valence-electron chi connectivity index (χ2n) is 7.36. The summed E-state index contributed by atoms with van der Waals surface area (Å²) < 4.78 is 22.6. The maximum Gasteiger partial charge on any atom is 0.263 e. The van der Waals surface area contributed by atoms with E-state index in [4.69, 9.17) is 0 Å². The van der Waals surface area contributed by atoms with Gasteiger partial charge in [-0.15, -0.1) is 11.3 Å². The highest BCUT2D eigenvalue weighted by Gasteiger charge is 2.33. The molecule has 1 aromatic rings. The SMILES string of the molecule is CS(=O)(=O)CCN1CCN(C(=O)C2CCCN(C(=O)c3cccs3)C2)CC1. The molecule has 1 aromatic heterocycles. The van der Waals surface area contributed by atoms with Gasteiger partial charge in [0.1, 0.15) is 9.84 Å². The van der Waals surface area contributed by atoms with Crippen LogP contribution in [-0.4, -0.2) is 92.8 Å². The van der Waals surface area contributed by atoms with Gasteiger partial charge < -0.3 is 9.80 Å². The molecule has 2 aliphatic rings. The van der Waals surface area contributed by atoms with E-state index in [1.807, 2.05) is 22.4 Å². The predicted molar refractivity (Wildman–Crippen MR) is 106 cm³/mol. The Kier molecular flexibility index (Phi) is 6.54. The molecule has 0 bridgehead atoms. The monoisotopic (exact) mass is 413 g/mol. The number of hydrogen-bond donors (Lipinski definition) is 0. The first-order chi connectivity index (χ1) is 12.8. The van der Waals surface area contributed by atoms with Crippen molar-refractivity contribution in [1.29, 1.82) is 0 Å². The van der Waals surface area contributed by atoms with Crippen molar-refractivity contribution in [1.82, 2.24) is 14.7 Å². The third kappa shape index (κ3) is 5.52. The highest BCUT2D eigenvalue weighted by Crippen LogP contribution is 2.22. The van der Waals surface area contributed by atoms with E-state index in [9.17, 15) is 18.0 Å². The van der Waals surface area contributed by atoms with Crippen LogP contribution in [0.25, 0.3) is 0 Å². The maximum atomic E-state index is 12.9. The zero-order chi connectivity index (χ0) is 19.4. The van der Waals surface area contributed by atoms with Gasteiger partial charge in [0.05, 0.1) is 16.5 Å². The zero-order valence-corrected chi connectivity index (χ0v) is 17.3. The summed E-state index contributed by atoms with van der Waals surface area (Å²) in [5, 5.41) is 1.89. The second kappa shape index (κ2) is 8.70. The average Bonchev–Trinajstić information content (AvgIpc) is 3.20. The van der Waals surface area contributed by atoms with Crippen LogP contribution in [0.4, 0.5) is 0 Å². The van der Waals surface area contributed by atoms with Crippen molar-refractivity contribution in [2.24, 2.45) is 5.92 Å². The molecular formula is C18H27N3O4S2. The van der Waals surface area contributed by atoms with Gasteiger partial charge in [-0.25, -0.2) is 8.42 Å². The Morgan fingerprint density at radius 1 is 1.15 bits per heavy atom. The summed E-state index contributed by atoms with van der Waals surface area (Å²) in [4.78, 5) is 32.0. The van der Waals surface area contributed by atoms with E-state index in [2.05, 4.69) is 4.90 Å². The molecule has 0 saturated carbocycles. The van der Waals surface area contributed by atoms with Crippen molar-refractivity contribution < 1.29 is 18.0 Å². The minimum atomic E-state index is -2.96. The van der Waals surface area contributed by atoms with Gasteiger partial charge in [-0.2, -0.15) is 0 Å². The zero-order valence-electron chi connectivity index (χ0n) is 15.7. The quantitative estimate of drug-likeness (QED) is 0.713. The fourth-order valence-corrected chi connectivity index (χ4v) is 4.94. The van der Waals surface area contributed by atoms with Gasteiger partial charge >= 0.3 is 0 Å². The van der Waals surface area contributed by atoms with Gasteiger partial charge in [-0.1, -0.05) is 6.07 Å². The average molecular weight is 414 g/mol. The van der Waals surface area contributed by atoms with E-state index >= 15 is 0 Å². The highest BCUT2D eigenvalue weighted by molar-refractivity contribution is 7.90. The predicted octanol–water partition coefficient (Wildman–Crippen LogP) is 0.789. The lowest BCUT2D eigenvalue weighted by Crippen LogP contribution is -2.53. The Hall–Kier alpha value is -1.45. The third-order valence-electron chi connectivity index (χ3n) is 5.25. The first-order valence-corrected chi connectivity index (χ1v) is 12.3. The van der Waals surface area contributed by atoms with E-state index in [-0.39, 0.29) is 23.5 Å². The summed E-state index contributed by atoms with van der Waals surface area (Å²) in [6.07, 6.45) is 2.92. The molecular weight excluding hydrogens is 386 g/mol. The van der Waals surface area contributed by atoms with Crippen molar-refractivity contribution in [2.75, 3.05) is 57.8 Å². The van der Waals surface area contributed by atoms with E-state index < -0.39 is 9.84 Å². The van der Waals surface area contributed by atoms with Crippen LogP contribution in [-0.2, 0) is 14.6 Å². The smallest absolute Gasteiger partial charge is 0.263 e. The summed E-state index contributed by atoms with van der Waals surface area (Å²) in [5.41, 5.74) is 0. The number of amides is 2. The summed E-state index contributed by atoms with van der Waals surface area (Å²) in [5.74, 6) is 0.170. The lowest BCUT2D eigenvalue weighted by atomic mass is 9.96. The van der Waals surface area contributed by atoms with Crippen molar-refractivity contribution in [2.45, 2.75) is 12.8 Å². The Morgan fingerprint density at radius 2 is 1.89 bits per heavy atom. The molecule has 3 rings (SSSR count). The lowest BCUT2D eigenvalue weighted by Gasteiger charge is -2.39. The highest BCUT2D eigenvalue weighted by atomic mass is 32.2. The molecule has 2 fully saturated rings. The Labute approximate surface area is 164 Å². The molecule has 2 amide bonds. The molecule has 1 atom stereocenters. The standard InChI is InChI=1S/C18H27N3O4S2/c1-27(24,25)13-11-19-7-9-20(10-8-19)17(22)15-4-2-6-21(14-15)18(23)16-5-3-12-26-16/h3,5,12,15H,2,4,6-11,13-14H2,1H3. The normalized spacial score (nSPS) is 22.0. The third-order valence-corrected chi connectivity index (χ3v) is 7.03. The molecule has 0 aromatic carbocycles. The fourth-order valence-electron chi connectivity index (χ4n) is 3.66. The summed E-state index contributed by atoms with van der Waals surface area (Å²) >= 11 is 1.43. The second-order valence-corrected chi connectivity index (χ2v) is 10.6. The Balaban J connectivity index is 1.50. The van der Waals surface area contributed by atoms with E-state index in [0.29, 0.717) is 45.8 Å². The van der Waals surface area contributed by atoms with Gasteiger partial charge in [0.15, 0.2) is 0 Å². The molecule has 150 valence electrons. The van der Waals surface area contributed by atoms with Crippen LogP contribution in [0, 0.1) is 5.92 Å². The molecule has 0 aliphatic carbocycles. The molecule has 27 heavy (non-hydrogen) atoms. The van der Waals surface area contributed by atoms with E-state index in [1.54, 1.807) is 4.90 Å². The van der Waals surface area contributed by atoms with Gasteiger partial charge in [0.2, 0.25) is 5.91 Å². The number of sulfone groups is 1. The number of carbonyl (C=O) groups is 2. The number of nitrogens with zero attached hydrogens (tertiary/aromatic N) is 3. The van der Waals surface area contributed by atoms with Crippen LogP contribution in [0.1, 0.15) is 22.5 Å². The van der Waals surface area contributed by atoms with Crippen molar-refractivity contribution in [3.63, 3.8) is 0 Å². The molecule has 0 spiro atoms. The number of hydrogen-bond acceptors (Lipinski definition) is 6. The van der Waals surface area contributed by atoms with Crippen LogP contribution in [0.5, 0.6) is 0 Å². The number of rotatable bonds is 5. The molecule has 0 N–H and O–H groups in total. The maximum absolute atomic E-state index is 12.9. The van der Waals surface area contributed by atoms with Crippen molar-refractivity contribution in [3.8, 4) is 0 Å². The van der Waals surface area contributed by atoms with Crippen LogP contribution in [0.2, 0.25) is 0 Å². The van der Waals surface area contributed by atoms with E-state index in [1.165, 1.54) is 17.6 Å². The molecule has 0 radical (unpaired) electrons. The number of piperazine rings is 1. The molecule has 3 heterocycles. The van der Waals surface area contributed by atoms with E-state index in [0.717, 1.165) is 17.7 Å². The van der Waals surface area contributed by atoms with Crippen LogP contribution in [0.15, 0.2) is 17.5 Å². The minimum absolute atomic E-state index is 0.0214. The number of carbonyl (C=O) groups excluding carboxylic acids is 2. The van der Waals surface area contributed by atoms with Crippen molar-refractivity contribution >= 4 is 33.0 Å².